The zero-order valence-corrected chi connectivity index (χ0v) is 12.5. The highest BCUT2D eigenvalue weighted by molar-refractivity contribution is 6.20. The first-order valence-corrected chi connectivity index (χ1v) is 7.64. The van der Waals surface area contributed by atoms with E-state index in [9.17, 15) is 19.5 Å². The fourth-order valence-corrected chi connectivity index (χ4v) is 3.58. The summed E-state index contributed by atoms with van der Waals surface area (Å²) in [5.74, 6) is -2.65. The number of carbonyl (C=O) groups is 3. The Bertz CT molecular complexity index is 485. The zero-order chi connectivity index (χ0) is 15.6. The standard InChI is InChI=1S/C16H23NO4/c1-10(2)13(19)12-14(20)17-15(21)16(12)9-7-5-3-4-6-8-11(16)18/h11-12,18H,1,3-9H2,2H3,(H,17,20,21). The molecule has 0 radical (unpaired) electrons. The number of hydrogen-bond donors (Lipinski definition) is 2. The van der Waals surface area contributed by atoms with Crippen LogP contribution in [0.2, 0.25) is 0 Å². The van der Waals surface area contributed by atoms with Crippen LogP contribution in [-0.4, -0.2) is 28.8 Å². The van der Waals surface area contributed by atoms with E-state index in [1.165, 1.54) is 6.92 Å². The molecule has 1 saturated carbocycles. The van der Waals surface area contributed by atoms with Crippen LogP contribution in [-0.2, 0) is 14.4 Å². The predicted molar refractivity (Wildman–Crippen MR) is 77.2 cm³/mol. The first-order chi connectivity index (χ1) is 9.91. The minimum absolute atomic E-state index is 0.247. The molecule has 3 unspecified atom stereocenters. The van der Waals surface area contributed by atoms with Gasteiger partial charge >= 0.3 is 0 Å². The van der Waals surface area contributed by atoms with E-state index in [1.54, 1.807) is 0 Å². The van der Waals surface area contributed by atoms with Crippen molar-refractivity contribution in [1.82, 2.24) is 5.32 Å². The summed E-state index contributed by atoms with van der Waals surface area (Å²) in [5.41, 5.74) is -1.06. The Hall–Kier alpha value is -1.49. The number of aliphatic hydroxyl groups is 1. The molecule has 3 atom stereocenters. The molecular formula is C16H23NO4. The number of imide groups is 1. The van der Waals surface area contributed by atoms with Gasteiger partial charge in [-0.1, -0.05) is 38.7 Å². The van der Waals surface area contributed by atoms with Crippen LogP contribution in [0.5, 0.6) is 0 Å². The van der Waals surface area contributed by atoms with Crippen LogP contribution in [0.1, 0.15) is 51.9 Å². The molecule has 1 heterocycles. The maximum Gasteiger partial charge on any atom is 0.238 e. The molecule has 1 aliphatic carbocycles. The van der Waals surface area contributed by atoms with Crippen LogP contribution in [0, 0.1) is 11.3 Å². The second-order valence-corrected chi connectivity index (χ2v) is 6.26. The van der Waals surface area contributed by atoms with Crippen molar-refractivity contribution in [3.05, 3.63) is 12.2 Å². The topological polar surface area (TPSA) is 83.5 Å². The number of allylic oxidation sites excluding steroid dienone is 1. The Kier molecular flexibility index (Phi) is 4.61. The minimum atomic E-state index is -1.31. The van der Waals surface area contributed by atoms with E-state index in [2.05, 4.69) is 11.9 Å². The van der Waals surface area contributed by atoms with E-state index in [0.717, 1.165) is 32.1 Å². The molecule has 2 amide bonds. The first kappa shape index (κ1) is 15.9. The van der Waals surface area contributed by atoms with Gasteiger partial charge in [0.1, 0.15) is 5.92 Å². The summed E-state index contributed by atoms with van der Waals surface area (Å²) in [7, 11) is 0. The lowest BCUT2D eigenvalue weighted by atomic mass is 9.66. The third-order valence-corrected chi connectivity index (χ3v) is 4.78. The number of Topliss-reactive ketones (excluding diaryl/α,β-unsaturated/α-hetero) is 1. The lowest BCUT2D eigenvalue weighted by Crippen LogP contribution is -2.48. The van der Waals surface area contributed by atoms with E-state index in [0.29, 0.717) is 12.8 Å². The predicted octanol–water partition coefficient (Wildman–Crippen LogP) is 1.50. The van der Waals surface area contributed by atoms with Crippen LogP contribution in [0.25, 0.3) is 0 Å². The average molecular weight is 293 g/mol. The van der Waals surface area contributed by atoms with Crippen molar-refractivity contribution in [3.8, 4) is 0 Å². The highest BCUT2D eigenvalue weighted by Gasteiger charge is 2.61. The molecule has 1 spiro atoms. The van der Waals surface area contributed by atoms with Crippen molar-refractivity contribution >= 4 is 17.6 Å². The van der Waals surface area contributed by atoms with Gasteiger partial charge in [0, 0.05) is 0 Å². The molecule has 0 bridgehead atoms. The molecule has 2 rings (SSSR count). The molecule has 2 aliphatic rings. The van der Waals surface area contributed by atoms with Gasteiger partial charge in [-0.2, -0.15) is 0 Å². The van der Waals surface area contributed by atoms with Crippen LogP contribution in [0.4, 0.5) is 0 Å². The molecule has 2 fully saturated rings. The number of carbonyl (C=O) groups excluding carboxylic acids is 3. The Morgan fingerprint density at radius 2 is 1.86 bits per heavy atom. The van der Waals surface area contributed by atoms with E-state index in [4.69, 9.17) is 0 Å². The third-order valence-electron chi connectivity index (χ3n) is 4.78. The summed E-state index contributed by atoms with van der Waals surface area (Å²) in [5, 5.41) is 12.8. The fraction of sp³-hybridized carbons (Fsp3) is 0.688. The summed E-state index contributed by atoms with van der Waals surface area (Å²) in [6, 6.07) is 0. The van der Waals surface area contributed by atoms with E-state index < -0.39 is 35.0 Å². The molecule has 5 nitrogen and oxygen atoms in total. The van der Waals surface area contributed by atoms with Gasteiger partial charge in [-0.15, -0.1) is 0 Å². The summed E-state index contributed by atoms with van der Waals surface area (Å²) in [6.07, 6.45) is 4.39. The SMILES string of the molecule is C=C(C)C(=O)C1C(=O)NC(=O)C12CCCCCCCC2O. The van der Waals surface area contributed by atoms with Gasteiger partial charge in [0.05, 0.1) is 11.5 Å². The third kappa shape index (κ3) is 2.67. The minimum Gasteiger partial charge on any atom is -0.392 e. The largest absolute Gasteiger partial charge is 0.392 e. The zero-order valence-electron chi connectivity index (χ0n) is 12.5. The summed E-state index contributed by atoms with van der Waals surface area (Å²) in [4.78, 5) is 36.9. The molecule has 0 aromatic rings. The number of nitrogens with one attached hydrogen (secondary N) is 1. The number of ketones is 1. The van der Waals surface area contributed by atoms with E-state index in [-0.39, 0.29) is 5.57 Å². The monoisotopic (exact) mass is 293 g/mol. The smallest absolute Gasteiger partial charge is 0.238 e. The summed E-state index contributed by atoms with van der Waals surface area (Å²) in [6.45, 7) is 5.14. The quantitative estimate of drug-likeness (QED) is 0.459. The maximum atomic E-state index is 12.4. The van der Waals surface area contributed by atoms with Crippen molar-refractivity contribution in [2.24, 2.45) is 11.3 Å². The van der Waals surface area contributed by atoms with Crippen LogP contribution in [0.3, 0.4) is 0 Å². The lowest BCUT2D eigenvalue weighted by Gasteiger charge is -2.35. The van der Waals surface area contributed by atoms with Gasteiger partial charge in [0.25, 0.3) is 0 Å². The highest BCUT2D eigenvalue weighted by atomic mass is 16.3. The number of rotatable bonds is 2. The number of hydrogen-bond acceptors (Lipinski definition) is 4. The summed E-state index contributed by atoms with van der Waals surface area (Å²) < 4.78 is 0. The molecular weight excluding hydrogens is 270 g/mol. The van der Waals surface area contributed by atoms with E-state index in [1.807, 2.05) is 0 Å². The highest BCUT2D eigenvalue weighted by Crippen LogP contribution is 2.45. The van der Waals surface area contributed by atoms with Crippen LogP contribution in [0.15, 0.2) is 12.2 Å². The molecule has 1 saturated heterocycles. The number of aliphatic hydroxyl groups excluding tert-OH is 1. The van der Waals surface area contributed by atoms with Crippen LogP contribution < -0.4 is 5.32 Å². The van der Waals surface area contributed by atoms with E-state index >= 15 is 0 Å². The fourth-order valence-electron chi connectivity index (χ4n) is 3.58. The molecule has 0 aromatic carbocycles. The van der Waals surface area contributed by atoms with Gasteiger partial charge < -0.3 is 5.11 Å². The Morgan fingerprint density at radius 1 is 1.24 bits per heavy atom. The van der Waals surface area contributed by atoms with Gasteiger partial charge in [-0.05, 0) is 25.3 Å². The number of amides is 2. The van der Waals surface area contributed by atoms with Crippen molar-refractivity contribution < 1.29 is 19.5 Å². The molecule has 116 valence electrons. The lowest BCUT2D eigenvalue weighted by molar-refractivity contribution is -0.145. The Balaban J connectivity index is 2.45. The van der Waals surface area contributed by atoms with Gasteiger partial charge in [-0.25, -0.2) is 0 Å². The van der Waals surface area contributed by atoms with Gasteiger partial charge in [0.15, 0.2) is 5.78 Å². The molecule has 1 aliphatic heterocycles. The molecule has 21 heavy (non-hydrogen) atoms. The van der Waals surface area contributed by atoms with Crippen molar-refractivity contribution in [3.63, 3.8) is 0 Å². The van der Waals surface area contributed by atoms with Crippen molar-refractivity contribution in [2.45, 2.75) is 58.0 Å². The maximum absolute atomic E-state index is 12.4. The Morgan fingerprint density at radius 3 is 2.52 bits per heavy atom. The second kappa shape index (κ2) is 6.10. The molecule has 0 aromatic heterocycles. The average Bonchev–Trinajstić information content (AvgIpc) is 2.72. The van der Waals surface area contributed by atoms with Gasteiger partial charge in [0.2, 0.25) is 11.8 Å². The van der Waals surface area contributed by atoms with Gasteiger partial charge in [-0.3, -0.25) is 19.7 Å². The second-order valence-electron chi connectivity index (χ2n) is 6.26. The summed E-state index contributed by atoms with van der Waals surface area (Å²) >= 11 is 0. The Labute approximate surface area is 124 Å². The molecule has 5 heteroatoms. The molecule has 2 N–H and O–H groups in total. The first-order valence-electron chi connectivity index (χ1n) is 7.64. The van der Waals surface area contributed by atoms with Crippen molar-refractivity contribution in [1.29, 1.82) is 0 Å². The van der Waals surface area contributed by atoms with Crippen molar-refractivity contribution in [2.75, 3.05) is 0 Å². The van der Waals surface area contributed by atoms with Crippen LogP contribution >= 0.6 is 0 Å². The normalized spacial score (nSPS) is 34.0.